The summed E-state index contributed by atoms with van der Waals surface area (Å²) in [5.41, 5.74) is 8.52. The highest BCUT2D eigenvalue weighted by Crippen LogP contribution is 2.29. The minimum atomic E-state index is 0.306. The quantitative estimate of drug-likeness (QED) is 0.727. The third-order valence-electron chi connectivity index (χ3n) is 3.17. The average molecular weight is 221 g/mol. The SMILES string of the molecule is NC1CCn2c(cc3c(Cl)cccc32)C1. The van der Waals surface area contributed by atoms with Crippen LogP contribution in [0.25, 0.3) is 10.9 Å². The molecule has 2 aromatic rings. The van der Waals surface area contributed by atoms with Crippen LogP contribution in [0.5, 0.6) is 0 Å². The van der Waals surface area contributed by atoms with Crippen molar-refractivity contribution in [3.05, 3.63) is 35.0 Å². The molecule has 0 amide bonds. The van der Waals surface area contributed by atoms with Crippen LogP contribution in [0, 0.1) is 0 Å². The molecule has 3 rings (SSSR count). The summed E-state index contributed by atoms with van der Waals surface area (Å²) < 4.78 is 2.34. The van der Waals surface area contributed by atoms with E-state index in [1.165, 1.54) is 11.2 Å². The van der Waals surface area contributed by atoms with Gasteiger partial charge in [-0.25, -0.2) is 0 Å². The first kappa shape index (κ1) is 9.25. The van der Waals surface area contributed by atoms with Crippen molar-refractivity contribution in [1.82, 2.24) is 4.57 Å². The van der Waals surface area contributed by atoms with Crippen molar-refractivity contribution in [2.45, 2.75) is 25.4 Å². The summed E-state index contributed by atoms with van der Waals surface area (Å²) in [6.45, 7) is 1.01. The monoisotopic (exact) mass is 220 g/mol. The number of nitrogens with two attached hydrogens (primary N) is 1. The molecule has 15 heavy (non-hydrogen) atoms. The van der Waals surface area contributed by atoms with Gasteiger partial charge in [-0.3, -0.25) is 0 Å². The van der Waals surface area contributed by atoms with E-state index in [0.717, 1.165) is 29.8 Å². The Hall–Kier alpha value is -0.990. The van der Waals surface area contributed by atoms with Crippen molar-refractivity contribution >= 4 is 22.5 Å². The van der Waals surface area contributed by atoms with Crippen LogP contribution in [0.15, 0.2) is 24.3 Å². The number of hydrogen-bond acceptors (Lipinski definition) is 1. The Labute approximate surface area is 93.6 Å². The first-order valence-electron chi connectivity index (χ1n) is 5.28. The number of aromatic nitrogens is 1. The average Bonchev–Trinajstić information content (AvgIpc) is 2.57. The lowest BCUT2D eigenvalue weighted by Gasteiger charge is -2.21. The van der Waals surface area contributed by atoms with Crippen LogP contribution in [0.1, 0.15) is 12.1 Å². The first-order valence-corrected chi connectivity index (χ1v) is 5.66. The van der Waals surface area contributed by atoms with Crippen LogP contribution < -0.4 is 5.73 Å². The first-order chi connectivity index (χ1) is 7.25. The van der Waals surface area contributed by atoms with Crippen molar-refractivity contribution < 1.29 is 0 Å². The Morgan fingerprint density at radius 1 is 1.40 bits per heavy atom. The van der Waals surface area contributed by atoms with Crippen LogP contribution in [-0.4, -0.2) is 10.6 Å². The third kappa shape index (κ3) is 1.36. The molecule has 2 N–H and O–H groups in total. The molecule has 0 fully saturated rings. The molecule has 0 saturated carbocycles. The van der Waals surface area contributed by atoms with E-state index < -0.39 is 0 Å². The van der Waals surface area contributed by atoms with Gasteiger partial charge in [0, 0.05) is 40.6 Å². The molecule has 1 aliphatic heterocycles. The summed E-state index contributed by atoms with van der Waals surface area (Å²) in [5.74, 6) is 0. The number of aryl methyl sites for hydroxylation is 1. The molecule has 0 saturated heterocycles. The van der Waals surface area contributed by atoms with Gasteiger partial charge < -0.3 is 10.3 Å². The lowest BCUT2D eigenvalue weighted by molar-refractivity contribution is 0.480. The molecule has 1 aliphatic rings. The maximum Gasteiger partial charge on any atom is 0.0499 e. The van der Waals surface area contributed by atoms with Gasteiger partial charge in [-0.05, 0) is 24.6 Å². The molecule has 2 heterocycles. The Balaban J connectivity index is 2.27. The largest absolute Gasteiger partial charge is 0.344 e. The summed E-state index contributed by atoms with van der Waals surface area (Å²) in [7, 11) is 0. The highest BCUT2D eigenvalue weighted by atomic mass is 35.5. The van der Waals surface area contributed by atoms with Crippen molar-refractivity contribution in [3.63, 3.8) is 0 Å². The van der Waals surface area contributed by atoms with E-state index in [1.54, 1.807) is 0 Å². The number of halogens is 1. The normalized spacial score (nSPS) is 20.5. The Morgan fingerprint density at radius 3 is 3.13 bits per heavy atom. The fourth-order valence-electron chi connectivity index (χ4n) is 2.40. The van der Waals surface area contributed by atoms with Gasteiger partial charge >= 0.3 is 0 Å². The number of rotatable bonds is 0. The lowest BCUT2D eigenvalue weighted by Crippen LogP contribution is -2.30. The highest BCUT2D eigenvalue weighted by molar-refractivity contribution is 6.35. The minimum absolute atomic E-state index is 0.306. The topological polar surface area (TPSA) is 30.9 Å². The van der Waals surface area contributed by atoms with Crippen molar-refractivity contribution in [1.29, 1.82) is 0 Å². The van der Waals surface area contributed by atoms with E-state index in [1.807, 2.05) is 12.1 Å². The Bertz CT molecular complexity index is 516. The molecule has 78 valence electrons. The standard InChI is InChI=1S/C12H13ClN2/c13-11-2-1-3-12-10(11)7-9-6-8(14)4-5-15(9)12/h1-3,7-8H,4-6,14H2. The number of fused-ring (bicyclic) bond motifs is 3. The number of nitrogens with zero attached hydrogens (tertiary/aromatic N) is 1. The summed E-state index contributed by atoms with van der Waals surface area (Å²) in [5, 5.41) is 1.99. The van der Waals surface area contributed by atoms with Gasteiger partial charge in [0.15, 0.2) is 0 Å². The highest BCUT2D eigenvalue weighted by Gasteiger charge is 2.18. The van der Waals surface area contributed by atoms with Crippen LogP contribution in [0.4, 0.5) is 0 Å². The molecule has 0 aliphatic carbocycles. The van der Waals surface area contributed by atoms with Crippen molar-refractivity contribution in [3.8, 4) is 0 Å². The zero-order valence-corrected chi connectivity index (χ0v) is 9.17. The van der Waals surface area contributed by atoms with E-state index in [9.17, 15) is 0 Å². The van der Waals surface area contributed by atoms with Crippen molar-refractivity contribution in [2.75, 3.05) is 0 Å². The van der Waals surface area contributed by atoms with Crippen LogP contribution in [-0.2, 0) is 13.0 Å². The number of benzene rings is 1. The summed E-state index contributed by atoms with van der Waals surface area (Å²) in [6.07, 6.45) is 2.02. The number of hydrogen-bond donors (Lipinski definition) is 1. The second-order valence-electron chi connectivity index (χ2n) is 4.21. The van der Waals surface area contributed by atoms with Gasteiger partial charge in [0.05, 0.1) is 0 Å². The van der Waals surface area contributed by atoms with Crippen molar-refractivity contribution in [2.24, 2.45) is 5.73 Å². The molecule has 0 radical (unpaired) electrons. The van der Waals surface area contributed by atoms with Gasteiger partial charge in [-0.1, -0.05) is 17.7 Å². The van der Waals surface area contributed by atoms with Gasteiger partial charge in [0.25, 0.3) is 0 Å². The molecule has 0 bridgehead atoms. The van der Waals surface area contributed by atoms with Gasteiger partial charge in [0.1, 0.15) is 0 Å². The van der Waals surface area contributed by atoms with E-state index in [-0.39, 0.29) is 0 Å². The Morgan fingerprint density at radius 2 is 2.27 bits per heavy atom. The smallest absolute Gasteiger partial charge is 0.0499 e. The predicted octanol–water partition coefficient (Wildman–Crippen LogP) is 2.57. The van der Waals surface area contributed by atoms with Gasteiger partial charge in [-0.2, -0.15) is 0 Å². The summed E-state index contributed by atoms with van der Waals surface area (Å²) in [4.78, 5) is 0. The van der Waals surface area contributed by atoms with Crippen LogP contribution in [0.2, 0.25) is 5.02 Å². The summed E-state index contributed by atoms with van der Waals surface area (Å²) >= 11 is 6.17. The van der Waals surface area contributed by atoms with E-state index >= 15 is 0 Å². The molecule has 3 heteroatoms. The van der Waals surface area contributed by atoms with Crippen LogP contribution in [0.3, 0.4) is 0 Å². The minimum Gasteiger partial charge on any atom is -0.344 e. The molecule has 1 atom stereocenters. The maximum atomic E-state index is 6.17. The van der Waals surface area contributed by atoms with Crippen LogP contribution >= 0.6 is 11.6 Å². The third-order valence-corrected chi connectivity index (χ3v) is 3.50. The summed E-state index contributed by atoms with van der Waals surface area (Å²) in [6, 6.07) is 8.56. The second kappa shape index (κ2) is 3.26. The van der Waals surface area contributed by atoms with E-state index in [0.29, 0.717) is 6.04 Å². The predicted molar refractivity (Wildman–Crippen MR) is 63.2 cm³/mol. The zero-order valence-electron chi connectivity index (χ0n) is 8.41. The Kier molecular flexibility index (Phi) is 2.01. The van der Waals surface area contributed by atoms with Gasteiger partial charge in [0.2, 0.25) is 0 Å². The van der Waals surface area contributed by atoms with Gasteiger partial charge in [-0.15, -0.1) is 0 Å². The second-order valence-corrected chi connectivity index (χ2v) is 4.62. The zero-order chi connectivity index (χ0) is 10.4. The maximum absolute atomic E-state index is 6.17. The van der Waals surface area contributed by atoms with E-state index in [4.69, 9.17) is 17.3 Å². The molecule has 0 spiro atoms. The van der Waals surface area contributed by atoms with E-state index in [2.05, 4.69) is 16.7 Å². The lowest BCUT2D eigenvalue weighted by atomic mass is 10.1. The molecule has 2 nitrogen and oxygen atoms in total. The molecular formula is C12H13ClN2. The fourth-order valence-corrected chi connectivity index (χ4v) is 2.63. The molecular weight excluding hydrogens is 208 g/mol. The molecule has 1 aromatic heterocycles. The fraction of sp³-hybridized carbons (Fsp3) is 0.333. The molecule has 1 unspecified atom stereocenters. The molecule has 1 aromatic carbocycles.